The van der Waals surface area contributed by atoms with Crippen molar-refractivity contribution in [2.24, 2.45) is 0 Å². The summed E-state index contributed by atoms with van der Waals surface area (Å²) in [7, 11) is 0. The Kier molecular flexibility index (Phi) is 7.68. The highest BCUT2D eigenvalue weighted by Crippen LogP contribution is 2.23. The quantitative estimate of drug-likeness (QED) is 0.708. The van der Waals surface area contributed by atoms with E-state index in [1.54, 1.807) is 0 Å². The summed E-state index contributed by atoms with van der Waals surface area (Å²) in [6.07, 6.45) is 3.53. The lowest BCUT2D eigenvalue weighted by Crippen LogP contribution is -2.35. The van der Waals surface area contributed by atoms with Crippen LogP contribution in [0.2, 0.25) is 0 Å². The average Bonchev–Trinajstić information content (AvgIpc) is 2.41. The first-order valence-electron chi connectivity index (χ1n) is 8.05. The molecule has 1 N–H and O–H groups in total. The van der Waals surface area contributed by atoms with Crippen molar-refractivity contribution in [2.75, 3.05) is 13.2 Å². The van der Waals surface area contributed by atoms with Gasteiger partial charge in [0.15, 0.2) is 0 Å². The molecule has 114 valence electrons. The molecule has 0 bridgehead atoms. The largest absolute Gasteiger partial charge is 0.492 e. The standard InChI is InChI=1S/C18H31NO/c1-6-8-16(19-11-7-2)13-20-17-9-10-18(14(3)4)15(5)12-17/h9-10,12,14,16,19H,6-8,11,13H2,1-5H3. The molecule has 20 heavy (non-hydrogen) atoms. The average molecular weight is 277 g/mol. The van der Waals surface area contributed by atoms with Gasteiger partial charge in [-0.25, -0.2) is 0 Å². The van der Waals surface area contributed by atoms with E-state index in [1.807, 2.05) is 0 Å². The van der Waals surface area contributed by atoms with Crippen LogP contribution in [0.4, 0.5) is 0 Å². The normalized spacial score (nSPS) is 12.7. The summed E-state index contributed by atoms with van der Waals surface area (Å²) in [5.74, 6) is 1.56. The second-order valence-corrected chi connectivity index (χ2v) is 5.92. The van der Waals surface area contributed by atoms with Gasteiger partial charge in [0.05, 0.1) is 0 Å². The minimum absolute atomic E-state index is 0.463. The summed E-state index contributed by atoms with van der Waals surface area (Å²) >= 11 is 0. The van der Waals surface area contributed by atoms with Crippen LogP contribution in [0.3, 0.4) is 0 Å². The van der Waals surface area contributed by atoms with Crippen LogP contribution in [0.5, 0.6) is 5.75 Å². The highest BCUT2D eigenvalue weighted by Gasteiger charge is 2.09. The van der Waals surface area contributed by atoms with E-state index < -0.39 is 0 Å². The lowest BCUT2D eigenvalue weighted by atomic mass is 9.98. The molecule has 0 aliphatic rings. The van der Waals surface area contributed by atoms with E-state index in [9.17, 15) is 0 Å². The third kappa shape index (κ3) is 5.54. The molecule has 0 radical (unpaired) electrons. The maximum absolute atomic E-state index is 5.97. The number of benzene rings is 1. The Morgan fingerprint density at radius 2 is 1.90 bits per heavy atom. The molecule has 0 fully saturated rings. The highest BCUT2D eigenvalue weighted by molar-refractivity contribution is 5.36. The topological polar surface area (TPSA) is 21.3 Å². The van der Waals surface area contributed by atoms with Crippen molar-refractivity contribution in [2.45, 2.75) is 65.8 Å². The van der Waals surface area contributed by atoms with Crippen molar-refractivity contribution in [3.63, 3.8) is 0 Å². The van der Waals surface area contributed by atoms with E-state index in [2.05, 4.69) is 58.1 Å². The van der Waals surface area contributed by atoms with Crippen molar-refractivity contribution in [1.29, 1.82) is 0 Å². The minimum Gasteiger partial charge on any atom is -0.492 e. The Morgan fingerprint density at radius 1 is 1.15 bits per heavy atom. The van der Waals surface area contributed by atoms with Crippen LogP contribution in [0.25, 0.3) is 0 Å². The summed E-state index contributed by atoms with van der Waals surface area (Å²) in [5, 5.41) is 3.56. The summed E-state index contributed by atoms with van der Waals surface area (Å²) in [6.45, 7) is 12.9. The zero-order valence-electron chi connectivity index (χ0n) is 13.8. The van der Waals surface area contributed by atoms with Gasteiger partial charge < -0.3 is 10.1 Å². The molecule has 0 spiro atoms. The molecule has 1 aromatic rings. The van der Waals surface area contributed by atoms with Gasteiger partial charge >= 0.3 is 0 Å². The first kappa shape index (κ1) is 17.0. The lowest BCUT2D eigenvalue weighted by Gasteiger charge is -2.19. The Hall–Kier alpha value is -1.02. The molecule has 0 saturated heterocycles. The van der Waals surface area contributed by atoms with E-state index in [0.717, 1.165) is 18.9 Å². The zero-order valence-corrected chi connectivity index (χ0v) is 13.8. The summed E-state index contributed by atoms with van der Waals surface area (Å²) in [4.78, 5) is 0. The number of rotatable bonds is 9. The van der Waals surface area contributed by atoms with Gasteiger partial charge in [0.25, 0.3) is 0 Å². The molecule has 0 heterocycles. The minimum atomic E-state index is 0.463. The molecule has 1 unspecified atom stereocenters. The van der Waals surface area contributed by atoms with Gasteiger partial charge in [-0.15, -0.1) is 0 Å². The van der Waals surface area contributed by atoms with Crippen molar-refractivity contribution in [3.05, 3.63) is 29.3 Å². The van der Waals surface area contributed by atoms with Gasteiger partial charge in [0, 0.05) is 6.04 Å². The van der Waals surface area contributed by atoms with Gasteiger partial charge in [-0.05, 0) is 55.5 Å². The summed E-state index contributed by atoms with van der Waals surface area (Å²) in [6, 6.07) is 6.93. The van der Waals surface area contributed by atoms with E-state index in [0.29, 0.717) is 12.0 Å². The van der Waals surface area contributed by atoms with Crippen LogP contribution in [0.15, 0.2) is 18.2 Å². The van der Waals surface area contributed by atoms with Crippen molar-refractivity contribution >= 4 is 0 Å². The predicted octanol–water partition coefficient (Wildman–Crippen LogP) is 4.67. The van der Waals surface area contributed by atoms with Crippen LogP contribution >= 0.6 is 0 Å². The smallest absolute Gasteiger partial charge is 0.119 e. The number of aryl methyl sites for hydroxylation is 1. The first-order chi connectivity index (χ1) is 9.58. The first-order valence-corrected chi connectivity index (χ1v) is 8.05. The van der Waals surface area contributed by atoms with Crippen LogP contribution < -0.4 is 10.1 Å². The van der Waals surface area contributed by atoms with Gasteiger partial charge in [-0.3, -0.25) is 0 Å². The zero-order chi connectivity index (χ0) is 15.0. The fourth-order valence-electron chi connectivity index (χ4n) is 2.52. The Bertz CT molecular complexity index is 387. The number of nitrogens with one attached hydrogen (secondary N) is 1. The Morgan fingerprint density at radius 3 is 2.45 bits per heavy atom. The molecule has 0 aromatic heterocycles. The van der Waals surface area contributed by atoms with Crippen molar-refractivity contribution in [3.8, 4) is 5.75 Å². The van der Waals surface area contributed by atoms with Crippen LogP contribution in [0, 0.1) is 6.92 Å². The van der Waals surface area contributed by atoms with Crippen molar-refractivity contribution < 1.29 is 4.74 Å². The molecule has 0 aliphatic heterocycles. The molecule has 2 nitrogen and oxygen atoms in total. The second kappa shape index (κ2) is 9.02. The molecule has 2 heteroatoms. The predicted molar refractivity (Wildman–Crippen MR) is 87.8 cm³/mol. The van der Waals surface area contributed by atoms with Gasteiger partial charge in [-0.1, -0.05) is 40.2 Å². The second-order valence-electron chi connectivity index (χ2n) is 5.92. The van der Waals surface area contributed by atoms with E-state index in [4.69, 9.17) is 4.74 Å². The third-order valence-electron chi connectivity index (χ3n) is 3.63. The Balaban J connectivity index is 2.56. The van der Waals surface area contributed by atoms with Gasteiger partial charge in [0.2, 0.25) is 0 Å². The summed E-state index contributed by atoms with van der Waals surface area (Å²) in [5.41, 5.74) is 2.73. The fraction of sp³-hybridized carbons (Fsp3) is 0.667. The molecular formula is C18H31NO. The van der Waals surface area contributed by atoms with Gasteiger partial charge in [0.1, 0.15) is 12.4 Å². The fourth-order valence-corrected chi connectivity index (χ4v) is 2.52. The number of hydrogen-bond donors (Lipinski definition) is 1. The molecule has 1 atom stereocenters. The highest BCUT2D eigenvalue weighted by atomic mass is 16.5. The van der Waals surface area contributed by atoms with E-state index in [-0.39, 0.29) is 0 Å². The molecule has 0 amide bonds. The SMILES string of the molecule is CCCNC(CCC)COc1ccc(C(C)C)c(C)c1. The lowest BCUT2D eigenvalue weighted by molar-refractivity contribution is 0.255. The summed E-state index contributed by atoms with van der Waals surface area (Å²) < 4.78 is 5.97. The van der Waals surface area contributed by atoms with Crippen molar-refractivity contribution in [1.82, 2.24) is 5.32 Å². The van der Waals surface area contributed by atoms with E-state index >= 15 is 0 Å². The molecule has 1 aromatic carbocycles. The molecule has 0 saturated carbocycles. The van der Waals surface area contributed by atoms with Crippen LogP contribution in [-0.2, 0) is 0 Å². The molecule has 0 aliphatic carbocycles. The van der Waals surface area contributed by atoms with Crippen LogP contribution in [-0.4, -0.2) is 19.2 Å². The maximum atomic E-state index is 5.97. The number of ether oxygens (including phenoxy) is 1. The molecule has 1 rings (SSSR count). The van der Waals surface area contributed by atoms with Crippen LogP contribution in [0.1, 0.15) is 64.0 Å². The number of hydrogen-bond acceptors (Lipinski definition) is 2. The van der Waals surface area contributed by atoms with E-state index in [1.165, 1.54) is 30.4 Å². The van der Waals surface area contributed by atoms with Gasteiger partial charge in [-0.2, -0.15) is 0 Å². The monoisotopic (exact) mass is 277 g/mol. The maximum Gasteiger partial charge on any atom is 0.119 e. The third-order valence-corrected chi connectivity index (χ3v) is 3.63. The molecular weight excluding hydrogens is 246 g/mol. The Labute approximate surface area is 124 Å².